The molecule has 0 radical (unpaired) electrons. The van der Waals surface area contributed by atoms with Gasteiger partial charge in [-0.3, -0.25) is 9.59 Å². The van der Waals surface area contributed by atoms with E-state index in [-0.39, 0.29) is 17.6 Å². The minimum atomic E-state index is -0.369. The average Bonchev–Trinajstić information content (AvgIpc) is 3.16. The second-order valence-corrected chi connectivity index (χ2v) is 6.24. The van der Waals surface area contributed by atoms with Crippen molar-refractivity contribution in [2.24, 2.45) is 0 Å². The van der Waals surface area contributed by atoms with Crippen LogP contribution in [0.5, 0.6) is 0 Å². The summed E-state index contributed by atoms with van der Waals surface area (Å²) in [4.78, 5) is 26.3. The first-order valence-electron chi connectivity index (χ1n) is 7.98. The van der Waals surface area contributed by atoms with Crippen molar-refractivity contribution in [2.75, 3.05) is 12.4 Å². The molecule has 0 aliphatic heterocycles. The second-order valence-electron chi connectivity index (χ2n) is 5.80. The molecule has 3 aromatic rings. The number of anilines is 1. The SMILES string of the molecule is CN(Cc1cccc(Cl)c1)C(=O)c1cccc(NC(=O)c2ccco2)c1. The molecule has 0 bridgehead atoms. The number of amides is 2. The van der Waals surface area contributed by atoms with Crippen molar-refractivity contribution in [1.82, 2.24) is 4.90 Å². The lowest BCUT2D eigenvalue weighted by Gasteiger charge is -2.18. The Balaban J connectivity index is 1.70. The predicted molar refractivity (Wildman–Crippen MR) is 100 cm³/mol. The first-order valence-corrected chi connectivity index (χ1v) is 8.35. The number of nitrogens with one attached hydrogen (secondary N) is 1. The molecular formula is C20H17ClN2O3. The largest absolute Gasteiger partial charge is 0.459 e. The Morgan fingerprint density at radius 3 is 2.62 bits per heavy atom. The molecule has 0 aliphatic carbocycles. The van der Waals surface area contributed by atoms with E-state index in [0.29, 0.717) is 22.8 Å². The Bertz CT molecular complexity index is 922. The van der Waals surface area contributed by atoms with E-state index < -0.39 is 0 Å². The quantitative estimate of drug-likeness (QED) is 0.723. The third-order valence-electron chi connectivity index (χ3n) is 3.77. The molecule has 26 heavy (non-hydrogen) atoms. The smallest absolute Gasteiger partial charge is 0.291 e. The maximum Gasteiger partial charge on any atom is 0.291 e. The molecule has 2 amide bonds. The van der Waals surface area contributed by atoms with E-state index in [1.807, 2.05) is 18.2 Å². The van der Waals surface area contributed by atoms with Crippen LogP contribution >= 0.6 is 11.6 Å². The molecule has 6 heteroatoms. The number of furan rings is 1. The normalized spacial score (nSPS) is 10.4. The maximum atomic E-state index is 12.7. The van der Waals surface area contributed by atoms with Gasteiger partial charge in [0.15, 0.2) is 5.76 Å². The lowest BCUT2D eigenvalue weighted by atomic mass is 10.1. The van der Waals surface area contributed by atoms with E-state index in [1.54, 1.807) is 54.4 Å². The van der Waals surface area contributed by atoms with E-state index in [9.17, 15) is 9.59 Å². The minimum Gasteiger partial charge on any atom is -0.459 e. The van der Waals surface area contributed by atoms with Crippen LogP contribution in [0, 0.1) is 0 Å². The predicted octanol–water partition coefficient (Wildman–Crippen LogP) is 4.46. The highest BCUT2D eigenvalue weighted by Crippen LogP contribution is 2.16. The number of nitrogens with zero attached hydrogens (tertiary/aromatic N) is 1. The fourth-order valence-corrected chi connectivity index (χ4v) is 2.74. The van der Waals surface area contributed by atoms with Gasteiger partial charge in [-0.2, -0.15) is 0 Å². The number of hydrogen-bond acceptors (Lipinski definition) is 3. The first kappa shape index (κ1) is 17.8. The molecular weight excluding hydrogens is 352 g/mol. The molecule has 3 rings (SSSR count). The lowest BCUT2D eigenvalue weighted by molar-refractivity contribution is 0.0784. The Morgan fingerprint density at radius 1 is 1.08 bits per heavy atom. The zero-order valence-corrected chi connectivity index (χ0v) is 14.9. The Hall–Kier alpha value is -3.05. The van der Waals surface area contributed by atoms with Crippen LogP contribution in [0.25, 0.3) is 0 Å². The summed E-state index contributed by atoms with van der Waals surface area (Å²) in [5.74, 6) is -0.314. The van der Waals surface area contributed by atoms with Gasteiger partial charge in [-0.15, -0.1) is 0 Å². The summed E-state index contributed by atoms with van der Waals surface area (Å²) in [6, 6.07) is 17.4. The van der Waals surface area contributed by atoms with Crippen molar-refractivity contribution < 1.29 is 14.0 Å². The molecule has 0 fully saturated rings. The van der Waals surface area contributed by atoms with Crippen LogP contribution in [-0.4, -0.2) is 23.8 Å². The van der Waals surface area contributed by atoms with Crippen LogP contribution in [0.15, 0.2) is 71.3 Å². The summed E-state index contributed by atoms with van der Waals surface area (Å²) in [6.45, 7) is 0.433. The van der Waals surface area contributed by atoms with Crippen LogP contribution in [-0.2, 0) is 6.54 Å². The van der Waals surface area contributed by atoms with Crippen LogP contribution in [0.3, 0.4) is 0 Å². The molecule has 0 saturated heterocycles. The molecule has 0 aliphatic rings. The molecule has 1 aromatic heterocycles. The van der Waals surface area contributed by atoms with Gasteiger partial charge < -0.3 is 14.6 Å². The zero-order chi connectivity index (χ0) is 18.5. The van der Waals surface area contributed by atoms with E-state index in [1.165, 1.54) is 6.26 Å². The Morgan fingerprint density at radius 2 is 1.88 bits per heavy atom. The van der Waals surface area contributed by atoms with Crippen LogP contribution < -0.4 is 5.32 Å². The molecule has 5 nitrogen and oxygen atoms in total. The first-order chi connectivity index (χ1) is 12.5. The average molecular weight is 369 g/mol. The molecule has 2 aromatic carbocycles. The van der Waals surface area contributed by atoms with Gasteiger partial charge >= 0.3 is 0 Å². The third kappa shape index (κ3) is 4.32. The molecule has 0 atom stereocenters. The van der Waals surface area contributed by atoms with Gasteiger partial charge in [0.2, 0.25) is 0 Å². The van der Waals surface area contributed by atoms with Crippen molar-refractivity contribution in [1.29, 1.82) is 0 Å². The van der Waals surface area contributed by atoms with Crippen LogP contribution in [0.4, 0.5) is 5.69 Å². The molecule has 0 saturated carbocycles. The Labute approximate surface area is 156 Å². The van der Waals surface area contributed by atoms with Gasteiger partial charge in [-0.05, 0) is 48.0 Å². The molecule has 0 unspecified atom stereocenters. The monoisotopic (exact) mass is 368 g/mol. The summed E-state index contributed by atoms with van der Waals surface area (Å²) in [7, 11) is 1.72. The summed E-state index contributed by atoms with van der Waals surface area (Å²) in [5, 5.41) is 3.35. The standard InChI is InChI=1S/C20H17ClN2O3/c1-23(13-14-5-2-7-16(21)11-14)20(25)15-6-3-8-17(12-15)22-19(24)18-9-4-10-26-18/h2-12H,13H2,1H3,(H,22,24). The summed E-state index contributed by atoms with van der Waals surface area (Å²) < 4.78 is 5.06. The highest BCUT2D eigenvalue weighted by Gasteiger charge is 2.14. The topological polar surface area (TPSA) is 62.6 Å². The van der Waals surface area contributed by atoms with E-state index in [2.05, 4.69) is 5.32 Å². The number of halogens is 1. The molecule has 1 N–H and O–H groups in total. The number of hydrogen-bond donors (Lipinski definition) is 1. The minimum absolute atomic E-state index is 0.154. The Kier molecular flexibility index (Phi) is 5.39. The van der Waals surface area contributed by atoms with Crippen molar-refractivity contribution >= 4 is 29.1 Å². The van der Waals surface area contributed by atoms with Gasteiger partial charge in [-0.25, -0.2) is 0 Å². The molecule has 1 heterocycles. The van der Waals surface area contributed by atoms with Gasteiger partial charge in [0.25, 0.3) is 11.8 Å². The van der Waals surface area contributed by atoms with Crippen molar-refractivity contribution in [3.63, 3.8) is 0 Å². The highest BCUT2D eigenvalue weighted by molar-refractivity contribution is 6.30. The number of carbonyl (C=O) groups excluding carboxylic acids is 2. The number of carbonyl (C=O) groups is 2. The van der Waals surface area contributed by atoms with Crippen molar-refractivity contribution in [3.05, 3.63) is 88.8 Å². The fraction of sp³-hybridized carbons (Fsp3) is 0.100. The summed E-state index contributed by atoms with van der Waals surface area (Å²) >= 11 is 5.99. The summed E-state index contributed by atoms with van der Waals surface area (Å²) in [6.07, 6.45) is 1.43. The molecule has 0 spiro atoms. The fourth-order valence-electron chi connectivity index (χ4n) is 2.53. The maximum absolute atomic E-state index is 12.7. The number of benzene rings is 2. The third-order valence-corrected chi connectivity index (χ3v) is 4.00. The van der Waals surface area contributed by atoms with Crippen LogP contribution in [0.1, 0.15) is 26.5 Å². The van der Waals surface area contributed by atoms with Crippen molar-refractivity contribution in [2.45, 2.75) is 6.54 Å². The van der Waals surface area contributed by atoms with Crippen LogP contribution in [0.2, 0.25) is 5.02 Å². The lowest BCUT2D eigenvalue weighted by Crippen LogP contribution is -2.26. The second kappa shape index (κ2) is 7.89. The zero-order valence-electron chi connectivity index (χ0n) is 14.1. The van der Waals surface area contributed by atoms with Gasteiger partial charge in [0, 0.05) is 29.9 Å². The van der Waals surface area contributed by atoms with Gasteiger partial charge in [0.1, 0.15) is 0 Å². The molecule has 132 valence electrons. The van der Waals surface area contributed by atoms with Crippen molar-refractivity contribution in [3.8, 4) is 0 Å². The van der Waals surface area contributed by atoms with E-state index in [4.69, 9.17) is 16.0 Å². The number of rotatable bonds is 5. The van der Waals surface area contributed by atoms with Gasteiger partial charge in [-0.1, -0.05) is 29.8 Å². The van der Waals surface area contributed by atoms with E-state index >= 15 is 0 Å². The summed E-state index contributed by atoms with van der Waals surface area (Å²) in [5.41, 5.74) is 1.94. The van der Waals surface area contributed by atoms with E-state index in [0.717, 1.165) is 5.56 Å². The van der Waals surface area contributed by atoms with Gasteiger partial charge in [0.05, 0.1) is 6.26 Å². The highest BCUT2D eigenvalue weighted by atomic mass is 35.5.